The van der Waals surface area contributed by atoms with Crippen molar-refractivity contribution in [3.05, 3.63) is 30.6 Å². The van der Waals surface area contributed by atoms with Crippen molar-refractivity contribution in [3.63, 3.8) is 0 Å². The fourth-order valence-corrected chi connectivity index (χ4v) is 6.09. The second kappa shape index (κ2) is 8.38. The van der Waals surface area contributed by atoms with E-state index in [4.69, 9.17) is 0 Å². The van der Waals surface area contributed by atoms with Gasteiger partial charge in [-0.2, -0.15) is 17.5 Å². The SMILES string of the molecule is Cn1cnc(S(=O)(=O)N2C[C@@H](Nc3cc(C(F)(F)F)ncn3)[C@H](C3CCCCC3)C2)c1. The first-order valence-corrected chi connectivity index (χ1v) is 11.7. The summed E-state index contributed by atoms with van der Waals surface area (Å²) in [5, 5.41) is 3.05. The number of aromatic nitrogens is 4. The summed E-state index contributed by atoms with van der Waals surface area (Å²) >= 11 is 0. The summed E-state index contributed by atoms with van der Waals surface area (Å²) in [6.07, 6.45) is 4.44. The minimum Gasteiger partial charge on any atom is -0.366 e. The van der Waals surface area contributed by atoms with E-state index < -0.39 is 21.9 Å². The molecule has 8 nitrogen and oxygen atoms in total. The molecule has 0 unspecified atom stereocenters. The van der Waals surface area contributed by atoms with Crippen LogP contribution in [0.2, 0.25) is 0 Å². The van der Waals surface area contributed by atoms with E-state index in [1.54, 1.807) is 11.6 Å². The molecule has 2 aliphatic rings. The molecule has 1 aliphatic heterocycles. The van der Waals surface area contributed by atoms with E-state index in [1.165, 1.54) is 16.8 Å². The lowest BCUT2D eigenvalue weighted by atomic mass is 9.78. The molecule has 0 spiro atoms. The van der Waals surface area contributed by atoms with Gasteiger partial charge in [-0.05, 0) is 11.8 Å². The number of nitrogens with zero attached hydrogens (tertiary/aromatic N) is 5. The third-order valence-corrected chi connectivity index (χ3v) is 7.88. The average Bonchev–Trinajstić information content (AvgIpc) is 3.36. The summed E-state index contributed by atoms with van der Waals surface area (Å²) in [5.74, 6) is 0.326. The highest BCUT2D eigenvalue weighted by atomic mass is 32.2. The maximum atomic E-state index is 13.1. The third-order valence-electron chi connectivity index (χ3n) is 6.16. The van der Waals surface area contributed by atoms with Crippen molar-refractivity contribution in [2.45, 2.75) is 49.3 Å². The average molecular weight is 459 g/mol. The normalized spacial score (nSPS) is 23.9. The first kappa shape index (κ1) is 22.0. The van der Waals surface area contributed by atoms with E-state index in [1.807, 2.05) is 0 Å². The van der Waals surface area contributed by atoms with Crippen LogP contribution in [0.1, 0.15) is 37.8 Å². The summed E-state index contributed by atoms with van der Waals surface area (Å²) in [5.41, 5.74) is -1.03. The van der Waals surface area contributed by atoms with Gasteiger partial charge in [0.2, 0.25) is 0 Å². The zero-order chi connectivity index (χ0) is 22.2. The fourth-order valence-electron chi connectivity index (χ4n) is 4.62. The van der Waals surface area contributed by atoms with Gasteiger partial charge in [0.25, 0.3) is 10.0 Å². The van der Waals surface area contributed by atoms with E-state index in [0.717, 1.165) is 44.5 Å². The number of sulfonamides is 1. The number of hydrogen-bond acceptors (Lipinski definition) is 6. The van der Waals surface area contributed by atoms with Crippen LogP contribution >= 0.6 is 0 Å². The Kier molecular flexibility index (Phi) is 5.95. The molecule has 3 heterocycles. The maximum absolute atomic E-state index is 13.1. The molecule has 1 aliphatic carbocycles. The van der Waals surface area contributed by atoms with E-state index in [-0.39, 0.29) is 29.3 Å². The molecule has 1 saturated heterocycles. The quantitative estimate of drug-likeness (QED) is 0.741. The molecule has 0 aromatic carbocycles. The Hall–Kier alpha value is -2.21. The van der Waals surface area contributed by atoms with Crippen molar-refractivity contribution in [1.82, 2.24) is 23.8 Å². The molecule has 0 amide bonds. The fraction of sp³-hybridized carbons (Fsp3) is 0.632. The topological polar surface area (TPSA) is 93.0 Å². The molecular formula is C19H25F3N6O2S. The molecule has 4 rings (SSSR count). The number of imidazole rings is 1. The molecule has 2 aromatic rings. The van der Waals surface area contributed by atoms with Crippen LogP contribution < -0.4 is 5.32 Å². The van der Waals surface area contributed by atoms with Gasteiger partial charge in [0.15, 0.2) is 5.03 Å². The van der Waals surface area contributed by atoms with Crippen LogP contribution in [-0.4, -0.2) is 51.4 Å². The Morgan fingerprint density at radius 1 is 1.10 bits per heavy atom. The van der Waals surface area contributed by atoms with Crippen LogP contribution in [0.25, 0.3) is 0 Å². The monoisotopic (exact) mass is 458 g/mol. The molecule has 0 radical (unpaired) electrons. The smallest absolute Gasteiger partial charge is 0.366 e. The van der Waals surface area contributed by atoms with Gasteiger partial charge < -0.3 is 9.88 Å². The molecular weight excluding hydrogens is 433 g/mol. The van der Waals surface area contributed by atoms with Gasteiger partial charge in [-0.15, -0.1) is 0 Å². The Balaban J connectivity index is 1.59. The Morgan fingerprint density at radius 3 is 2.48 bits per heavy atom. The van der Waals surface area contributed by atoms with Gasteiger partial charge in [-0.3, -0.25) is 0 Å². The summed E-state index contributed by atoms with van der Waals surface area (Å²) in [7, 11) is -2.10. The number of anilines is 1. The second-order valence-corrected chi connectivity index (χ2v) is 10.2. The molecule has 12 heteroatoms. The van der Waals surface area contributed by atoms with Gasteiger partial charge in [-0.1, -0.05) is 32.1 Å². The van der Waals surface area contributed by atoms with Gasteiger partial charge in [0.05, 0.1) is 6.33 Å². The zero-order valence-corrected chi connectivity index (χ0v) is 17.9. The van der Waals surface area contributed by atoms with Crippen molar-refractivity contribution in [2.75, 3.05) is 18.4 Å². The Morgan fingerprint density at radius 2 is 1.84 bits per heavy atom. The number of halogens is 3. The number of hydrogen-bond donors (Lipinski definition) is 1. The molecule has 1 N–H and O–H groups in total. The molecule has 2 atom stereocenters. The van der Waals surface area contributed by atoms with Crippen LogP contribution in [-0.2, 0) is 23.2 Å². The third kappa shape index (κ3) is 4.69. The highest BCUT2D eigenvalue weighted by molar-refractivity contribution is 7.89. The summed E-state index contributed by atoms with van der Waals surface area (Å²) in [6.45, 7) is 0.448. The second-order valence-electron chi connectivity index (χ2n) is 8.30. The molecule has 1 saturated carbocycles. The van der Waals surface area contributed by atoms with Crippen LogP contribution in [0.4, 0.5) is 19.0 Å². The number of nitrogens with one attached hydrogen (secondary N) is 1. The standard InChI is InChI=1S/C19H25F3N6O2S/c1-27-10-18(25-12-27)31(29,30)28-8-14(13-5-3-2-4-6-13)15(9-28)26-17-7-16(19(20,21)22)23-11-24-17/h7,10-15H,2-6,8-9H2,1H3,(H,23,24,26)/t14-,15+/m0/s1. The minimum atomic E-state index is -4.58. The number of rotatable bonds is 5. The highest BCUT2D eigenvalue weighted by Gasteiger charge is 2.44. The molecule has 31 heavy (non-hydrogen) atoms. The molecule has 2 aromatic heterocycles. The summed E-state index contributed by atoms with van der Waals surface area (Å²) < 4.78 is 68.3. The summed E-state index contributed by atoms with van der Waals surface area (Å²) in [4.78, 5) is 11.2. The number of aryl methyl sites for hydroxylation is 1. The largest absolute Gasteiger partial charge is 0.433 e. The van der Waals surface area contributed by atoms with Gasteiger partial charge in [0, 0.05) is 38.4 Å². The number of alkyl halides is 3. The molecule has 2 fully saturated rings. The van der Waals surface area contributed by atoms with Crippen LogP contribution in [0.15, 0.2) is 29.9 Å². The predicted molar refractivity (Wildman–Crippen MR) is 106 cm³/mol. The van der Waals surface area contributed by atoms with Crippen molar-refractivity contribution in [1.29, 1.82) is 0 Å². The van der Waals surface area contributed by atoms with Crippen molar-refractivity contribution < 1.29 is 21.6 Å². The van der Waals surface area contributed by atoms with Gasteiger partial charge in [0.1, 0.15) is 17.8 Å². The van der Waals surface area contributed by atoms with Crippen LogP contribution in [0, 0.1) is 11.8 Å². The lowest BCUT2D eigenvalue weighted by Gasteiger charge is -2.31. The lowest BCUT2D eigenvalue weighted by Crippen LogP contribution is -2.34. The molecule has 0 bridgehead atoms. The van der Waals surface area contributed by atoms with Gasteiger partial charge >= 0.3 is 6.18 Å². The van der Waals surface area contributed by atoms with Crippen molar-refractivity contribution >= 4 is 15.8 Å². The predicted octanol–water partition coefficient (Wildman–Crippen LogP) is 2.91. The van der Waals surface area contributed by atoms with E-state index in [9.17, 15) is 21.6 Å². The maximum Gasteiger partial charge on any atom is 0.433 e. The van der Waals surface area contributed by atoms with E-state index in [2.05, 4.69) is 20.3 Å². The van der Waals surface area contributed by atoms with Crippen LogP contribution in [0.3, 0.4) is 0 Å². The van der Waals surface area contributed by atoms with Crippen molar-refractivity contribution in [2.24, 2.45) is 18.9 Å². The molecule has 170 valence electrons. The van der Waals surface area contributed by atoms with E-state index in [0.29, 0.717) is 12.5 Å². The Bertz CT molecular complexity index is 1020. The Labute approximate surface area is 179 Å². The van der Waals surface area contributed by atoms with Crippen LogP contribution in [0.5, 0.6) is 0 Å². The minimum absolute atomic E-state index is 0.0249. The van der Waals surface area contributed by atoms with Crippen molar-refractivity contribution in [3.8, 4) is 0 Å². The lowest BCUT2D eigenvalue weighted by molar-refractivity contribution is -0.141. The zero-order valence-electron chi connectivity index (χ0n) is 17.1. The van der Waals surface area contributed by atoms with Gasteiger partial charge in [-0.25, -0.2) is 23.4 Å². The first-order chi connectivity index (χ1) is 14.6. The summed E-state index contributed by atoms with van der Waals surface area (Å²) in [6, 6.07) is 0.519. The first-order valence-electron chi connectivity index (χ1n) is 10.3. The van der Waals surface area contributed by atoms with E-state index >= 15 is 0 Å². The highest BCUT2D eigenvalue weighted by Crippen LogP contribution is 2.38.